The molecule has 0 aromatic heterocycles. The first-order valence-corrected chi connectivity index (χ1v) is 5.72. The Kier molecular flexibility index (Phi) is 4.14. The van der Waals surface area contributed by atoms with Crippen LogP contribution in [0.3, 0.4) is 0 Å². The summed E-state index contributed by atoms with van der Waals surface area (Å²) >= 11 is 0. The van der Waals surface area contributed by atoms with Crippen molar-refractivity contribution in [2.75, 3.05) is 5.73 Å². The third-order valence-corrected chi connectivity index (χ3v) is 2.69. The molecule has 1 amide bonds. The number of nitrogen functional groups attached to an aromatic ring is 1. The third kappa shape index (κ3) is 3.43. The van der Waals surface area contributed by atoms with E-state index in [1.165, 1.54) is 12.1 Å². The van der Waals surface area contributed by atoms with Crippen molar-refractivity contribution >= 4 is 17.6 Å². The number of halogens is 1. The van der Waals surface area contributed by atoms with Crippen molar-refractivity contribution < 1.29 is 19.1 Å². The van der Waals surface area contributed by atoms with Crippen molar-refractivity contribution in [1.29, 1.82) is 0 Å². The minimum Gasteiger partial charge on any atom is -0.480 e. The van der Waals surface area contributed by atoms with E-state index in [0.717, 1.165) is 6.07 Å². The SMILES string of the molecule is CC(C)(C)C(NC(=O)c1cccc(F)c1N)C(=O)O. The second kappa shape index (κ2) is 5.26. The number of anilines is 1. The molecule has 0 radical (unpaired) electrons. The average Bonchev–Trinajstić information content (AvgIpc) is 2.27. The zero-order chi connectivity index (χ0) is 14.8. The number of hydrogen-bond acceptors (Lipinski definition) is 3. The quantitative estimate of drug-likeness (QED) is 0.726. The van der Waals surface area contributed by atoms with E-state index >= 15 is 0 Å². The first kappa shape index (κ1) is 14.9. The van der Waals surface area contributed by atoms with Gasteiger partial charge in [0.05, 0.1) is 11.3 Å². The van der Waals surface area contributed by atoms with Crippen molar-refractivity contribution in [3.8, 4) is 0 Å². The highest BCUT2D eigenvalue weighted by molar-refractivity contribution is 6.01. The number of rotatable bonds is 3. The number of carboxylic acid groups (broad SMARTS) is 1. The second-order valence-electron chi connectivity index (χ2n) is 5.31. The van der Waals surface area contributed by atoms with Crippen LogP contribution in [0, 0.1) is 11.2 Å². The molecule has 1 aromatic rings. The molecule has 104 valence electrons. The number of nitrogens with one attached hydrogen (secondary N) is 1. The number of carbonyl (C=O) groups excluding carboxylic acids is 1. The fourth-order valence-corrected chi connectivity index (χ4v) is 1.59. The summed E-state index contributed by atoms with van der Waals surface area (Å²) in [5.41, 5.74) is 4.42. The molecule has 0 bridgehead atoms. The molecular weight excluding hydrogens is 251 g/mol. The van der Waals surface area contributed by atoms with E-state index in [1.54, 1.807) is 20.8 Å². The number of benzene rings is 1. The summed E-state index contributed by atoms with van der Waals surface area (Å²) in [6.45, 7) is 5.04. The molecule has 0 spiro atoms. The second-order valence-corrected chi connectivity index (χ2v) is 5.31. The van der Waals surface area contributed by atoms with E-state index in [1.807, 2.05) is 0 Å². The highest BCUT2D eigenvalue weighted by atomic mass is 19.1. The zero-order valence-corrected chi connectivity index (χ0v) is 11.0. The van der Waals surface area contributed by atoms with Crippen LogP contribution in [0.25, 0.3) is 0 Å². The Morgan fingerprint density at radius 1 is 1.37 bits per heavy atom. The lowest BCUT2D eigenvalue weighted by atomic mass is 9.86. The fraction of sp³-hybridized carbons (Fsp3) is 0.385. The molecule has 0 heterocycles. The summed E-state index contributed by atoms with van der Waals surface area (Å²) in [7, 11) is 0. The Balaban J connectivity index is 3.02. The van der Waals surface area contributed by atoms with Crippen molar-refractivity contribution in [3.05, 3.63) is 29.6 Å². The molecule has 6 heteroatoms. The van der Waals surface area contributed by atoms with Crippen molar-refractivity contribution in [1.82, 2.24) is 5.32 Å². The predicted molar refractivity (Wildman–Crippen MR) is 69.2 cm³/mol. The number of aliphatic carboxylic acids is 1. The molecule has 0 aliphatic carbocycles. The molecule has 1 atom stereocenters. The van der Waals surface area contributed by atoms with Gasteiger partial charge in [-0.2, -0.15) is 0 Å². The van der Waals surface area contributed by atoms with Crippen LogP contribution in [0.5, 0.6) is 0 Å². The van der Waals surface area contributed by atoms with Crippen LogP contribution < -0.4 is 11.1 Å². The highest BCUT2D eigenvalue weighted by Gasteiger charge is 2.33. The van der Waals surface area contributed by atoms with Gasteiger partial charge < -0.3 is 16.2 Å². The van der Waals surface area contributed by atoms with Gasteiger partial charge in [0.15, 0.2) is 0 Å². The normalized spacial score (nSPS) is 12.8. The Morgan fingerprint density at radius 2 is 1.95 bits per heavy atom. The fourth-order valence-electron chi connectivity index (χ4n) is 1.59. The first-order valence-electron chi connectivity index (χ1n) is 5.72. The number of nitrogens with two attached hydrogens (primary N) is 1. The van der Waals surface area contributed by atoms with Gasteiger partial charge in [-0.15, -0.1) is 0 Å². The van der Waals surface area contributed by atoms with Crippen molar-refractivity contribution in [2.24, 2.45) is 5.41 Å². The highest BCUT2D eigenvalue weighted by Crippen LogP contribution is 2.21. The number of carboxylic acids is 1. The summed E-state index contributed by atoms with van der Waals surface area (Å²) in [6, 6.07) is 2.72. The molecular formula is C13H17FN2O3. The molecule has 1 unspecified atom stereocenters. The van der Waals surface area contributed by atoms with Gasteiger partial charge in [-0.05, 0) is 17.5 Å². The van der Waals surface area contributed by atoms with Gasteiger partial charge in [-0.3, -0.25) is 4.79 Å². The van der Waals surface area contributed by atoms with Crippen molar-refractivity contribution in [2.45, 2.75) is 26.8 Å². The first-order chi connectivity index (χ1) is 8.64. The summed E-state index contributed by atoms with van der Waals surface area (Å²) in [6.07, 6.45) is 0. The topological polar surface area (TPSA) is 92.4 Å². The van der Waals surface area contributed by atoms with Crippen LogP contribution in [0.4, 0.5) is 10.1 Å². The van der Waals surface area contributed by atoms with Crippen LogP contribution in [0.1, 0.15) is 31.1 Å². The smallest absolute Gasteiger partial charge is 0.326 e. The van der Waals surface area contributed by atoms with Crippen LogP contribution >= 0.6 is 0 Å². The van der Waals surface area contributed by atoms with E-state index in [4.69, 9.17) is 10.8 Å². The summed E-state index contributed by atoms with van der Waals surface area (Å²) in [5.74, 6) is -2.58. The summed E-state index contributed by atoms with van der Waals surface area (Å²) in [4.78, 5) is 23.1. The molecule has 5 nitrogen and oxygen atoms in total. The van der Waals surface area contributed by atoms with E-state index in [9.17, 15) is 14.0 Å². The van der Waals surface area contributed by atoms with Gasteiger partial charge in [-0.1, -0.05) is 26.8 Å². The van der Waals surface area contributed by atoms with E-state index < -0.39 is 29.2 Å². The molecule has 1 aromatic carbocycles. The van der Waals surface area contributed by atoms with Gasteiger partial charge in [0.1, 0.15) is 11.9 Å². The maximum atomic E-state index is 13.2. The summed E-state index contributed by atoms with van der Waals surface area (Å²) < 4.78 is 13.2. The molecule has 19 heavy (non-hydrogen) atoms. The molecule has 0 fully saturated rings. The lowest BCUT2D eigenvalue weighted by Crippen LogP contribution is -2.49. The van der Waals surface area contributed by atoms with Crippen LogP contribution in [0.15, 0.2) is 18.2 Å². The Morgan fingerprint density at radius 3 is 2.42 bits per heavy atom. The van der Waals surface area contributed by atoms with Crippen LogP contribution in [0.2, 0.25) is 0 Å². The lowest BCUT2D eigenvalue weighted by Gasteiger charge is -2.27. The maximum Gasteiger partial charge on any atom is 0.326 e. The Hall–Kier alpha value is -2.11. The molecule has 0 saturated carbocycles. The van der Waals surface area contributed by atoms with E-state index in [-0.39, 0.29) is 11.3 Å². The Labute approximate surface area is 110 Å². The molecule has 0 saturated heterocycles. The monoisotopic (exact) mass is 268 g/mol. The number of hydrogen-bond donors (Lipinski definition) is 3. The number of para-hydroxylation sites is 1. The van der Waals surface area contributed by atoms with Gasteiger partial charge in [0.2, 0.25) is 0 Å². The third-order valence-electron chi connectivity index (χ3n) is 2.69. The number of amides is 1. The van der Waals surface area contributed by atoms with E-state index in [2.05, 4.69) is 5.32 Å². The minimum absolute atomic E-state index is 0.0736. The predicted octanol–water partition coefficient (Wildman–Crippen LogP) is 1.64. The number of carbonyl (C=O) groups is 2. The van der Waals surface area contributed by atoms with Gasteiger partial charge >= 0.3 is 5.97 Å². The Bertz CT molecular complexity index is 509. The molecule has 0 aliphatic rings. The average molecular weight is 268 g/mol. The van der Waals surface area contributed by atoms with Gasteiger partial charge in [0.25, 0.3) is 5.91 Å². The van der Waals surface area contributed by atoms with Crippen LogP contribution in [-0.4, -0.2) is 23.0 Å². The van der Waals surface area contributed by atoms with Crippen molar-refractivity contribution in [3.63, 3.8) is 0 Å². The van der Waals surface area contributed by atoms with Gasteiger partial charge in [0, 0.05) is 0 Å². The largest absolute Gasteiger partial charge is 0.480 e. The minimum atomic E-state index is -1.16. The lowest BCUT2D eigenvalue weighted by molar-refractivity contribution is -0.142. The van der Waals surface area contributed by atoms with Crippen LogP contribution in [-0.2, 0) is 4.79 Å². The molecule has 0 aliphatic heterocycles. The van der Waals surface area contributed by atoms with E-state index in [0.29, 0.717) is 0 Å². The standard InChI is InChI=1S/C13H17FN2O3/c1-13(2,3)10(12(18)19)16-11(17)7-5-4-6-8(14)9(7)15/h4-6,10H,15H2,1-3H3,(H,16,17)(H,18,19). The molecule has 1 rings (SSSR count). The van der Waals surface area contributed by atoms with Gasteiger partial charge in [-0.25, -0.2) is 9.18 Å². The molecule has 4 N–H and O–H groups in total. The zero-order valence-electron chi connectivity index (χ0n) is 11.0. The maximum absolute atomic E-state index is 13.2. The summed E-state index contributed by atoms with van der Waals surface area (Å²) in [5, 5.41) is 11.5.